The highest BCUT2D eigenvalue weighted by Gasteiger charge is 2.28. The molecule has 0 radical (unpaired) electrons. The van der Waals surface area contributed by atoms with Crippen molar-refractivity contribution in [3.63, 3.8) is 0 Å². The van der Waals surface area contributed by atoms with Gasteiger partial charge in [-0.05, 0) is 40.5 Å². The van der Waals surface area contributed by atoms with Crippen LogP contribution in [0.1, 0.15) is 48.5 Å². The second-order valence-electron chi connectivity index (χ2n) is 6.35. The van der Waals surface area contributed by atoms with Gasteiger partial charge in [-0.3, -0.25) is 4.79 Å². The molecule has 0 rings (SSSR count). The van der Waals surface area contributed by atoms with Crippen LogP contribution in [0.3, 0.4) is 0 Å². The van der Waals surface area contributed by atoms with Gasteiger partial charge in [-0.1, -0.05) is 13.8 Å². The lowest BCUT2D eigenvalue weighted by molar-refractivity contribution is -0.148. The average molecular weight is 316 g/mol. The first kappa shape index (κ1) is 20.2. The van der Waals surface area contributed by atoms with Crippen LogP contribution in [0.5, 0.6) is 0 Å². The first-order valence-electron chi connectivity index (χ1n) is 7.44. The molecule has 0 spiro atoms. The van der Waals surface area contributed by atoms with Gasteiger partial charge in [0, 0.05) is 0 Å². The van der Waals surface area contributed by atoms with Gasteiger partial charge < -0.3 is 20.1 Å². The number of esters is 1. The SMILES string of the molecule is CCOC(=O)[C@H](NC(=O)[C@H](C)NC(=O)OC(C)(C)C)C(C)C. The van der Waals surface area contributed by atoms with Crippen molar-refractivity contribution in [2.24, 2.45) is 5.92 Å². The van der Waals surface area contributed by atoms with E-state index in [0.717, 1.165) is 0 Å². The molecule has 2 atom stereocenters. The molecule has 0 heterocycles. The number of nitrogens with one attached hydrogen (secondary N) is 2. The lowest BCUT2D eigenvalue weighted by Gasteiger charge is -2.24. The maximum Gasteiger partial charge on any atom is 0.408 e. The van der Waals surface area contributed by atoms with Crippen molar-refractivity contribution in [3.05, 3.63) is 0 Å². The highest BCUT2D eigenvalue weighted by molar-refractivity contribution is 5.89. The molecular weight excluding hydrogens is 288 g/mol. The molecule has 128 valence electrons. The van der Waals surface area contributed by atoms with E-state index in [1.165, 1.54) is 6.92 Å². The number of hydrogen-bond donors (Lipinski definition) is 2. The monoisotopic (exact) mass is 316 g/mol. The highest BCUT2D eigenvalue weighted by Crippen LogP contribution is 2.07. The van der Waals surface area contributed by atoms with Gasteiger partial charge in [-0.2, -0.15) is 0 Å². The van der Waals surface area contributed by atoms with Crippen LogP contribution in [-0.2, 0) is 19.1 Å². The Balaban J connectivity index is 4.61. The predicted octanol–water partition coefficient (Wildman–Crippen LogP) is 1.60. The average Bonchev–Trinajstić information content (AvgIpc) is 2.32. The van der Waals surface area contributed by atoms with Crippen molar-refractivity contribution in [1.29, 1.82) is 0 Å². The van der Waals surface area contributed by atoms with E-state index < -0.39 is 35.7 Å². The summed E-state index contributed by atoms with van der Waals surface area (Å²) >= 11 is 0. The third kappa shape index (κ3) is 7.85. The second-order valence-corrected chi connectivity index (χ2v) is 6.35. The van der Waals surface area contributed by atoms with Gasteiger partial charge >= 0.3 is 12.1 Å². The summed E-state index contributed by atoms with van der Waals surface area (Å²) in [6.07, 6.45) is -0.688. The van der Waals surface area contributed by atoms with Gasteiger partial charge in [0.15, 0.2) is 0 Å². The molecule has 0 aliphatic rings. The van der Waals surface area contributed by atoms with E-state index in [-0.39, 0.29) is 12.5 Å². The molecule has 0 aromatic heterocycles. The van der Waals surface area contributed by atoms with E-state index in [4.69, 9.17) is 9.47 Å². The third-order valence-electron chi connectivity index (χ3n) is 2.63. The molecule has 0 aliphatic heterocycles. The summed E-state index contributed by atoms with van der Waals surface area (Å²) in [5, 5.41) is 5.01. The van der Waals surface area contributed by atoms with Gasteiger partial charge in [0.1, 0.15) is 17.7 Å². The Morgan fingerprint density at radius 1 is 1.05 bits per heavy atom. The number of ether oxygens (including phenoxy) is 2. The van der Waals surface area contributed by atoms with Gasteiger partial charge in [-0.25, -0.2) is 9.59 Å². The zero-order chi connectivity index (χ0) is 17.5. The van der Waals surface area contributed by atoms with Crippen LogP contribution in [-0.4, -0.2) is 42.3 Å². The Hall–Kier alpha value is -1.79. The number of alkyl carbamates (subject to hydrolysis) is 1. The van der Waals surface area contributed by atoms with E-state index >= 15 is 0 Å². The number of carbonyl (C=O) groups excluding carboxylic acids is 3. The summed E-state index contributed by atoms with van der Waals surface area (Å²) in [4.78, 5) is 35.5. The fraction of sp³-hybridized carbons (Fsp3) is 0.800. The second kappa shape index (κ2) is 8.60. The van der Waals surface area contributed by atoms with Gasteiger partial charge in [-0.15, -0.1) is 0 Å². The Morgan fingerprint density at radius 3 is 2.00 bits per heavy atom. The van der Waals surface area contributed by atoms with E-state index in [0.29, 0.717) is 0 Å². The maximum absolute atomic E-state index is 12.1. The summed E-state index contributed by atoms with van der Waals surface area (Å²) in [5.74, 6) is -1.09. The fourth-order valence-electron chi connectivity index (χ4n) is 1.56. The first-order chi connectivity index (χ1) is 9.97. The van der Waals surface area contributed by atoms with Crippen LogP contribution in [0.2, 0.25) is 0 Å². The molecule has 2 amide bonds. The largest absolute Gasteiger partial charge is 0.464 e. The molecular formula is C15H28N2O5. The lowest BCUT2D eigenvalue weighted by atomic mass is 10.0. The Bertz CT molecular complexity index is 401. The minimum atomic E-state index is -0.828. The zero-order valence-corrected chi connectivity index (χ0v) is 14.5. The van der Waals surface area contributed by atoms with Crippen LogP contribution < -0.4 is 10.6 Å². The Morgan fingerprint density at radius 2 is 1.59 bits per heavy atom. The van der Waals surface area contributed by atoms with Gasteiger partial charge in [0.05, 0.1) is 6.61 Å². The topological polar surface area (TPSA) is 93.7 Å². The highest BCUT2D eigenvalue weighted by atomic mass is 16.6. The van der Waals surface area contributed by atoms with Crippen molar-refractivity contribution in [2.45, 2.75) is 66.2 Å². The van der Waals surface area contributed by atoms with E-state index in [1.54, 1.807) is 41.5 Å². The number of amides is 2. The smallest absolute Gasteiger partial charge is 0.408 e. The molecule has 0 aromatic carbocycles. The van der Waals surface area contributed by atoms with Crippen LogP contribution >= 0.6 is 0 Å². The van der Waals surface area contributed by atoms with Crippen LogP contribution in [0.15, 0.2) is 0 Å². The molecule has 2 N–H and O–H groups in total. The van der Waals surface area contributed by atoms with E-state index in [1.807, 2.05) is 0 Å². The van der Waals surface area contributed by atoms with Crippen LogP contribution in [0, 0.1) is 5.92 Å². The summed E-state index contributed by atoms with van der Waals surface area (Å²) < 4.78 is 10.0. The number of hydrogen-bond acceptors (Lipinski definition) is 5. The molecule has 0 bridgehead atoms. The molecule has 0 unspecified atom stereocenters. The Kier molecular flexibility index (Phi) is 7.90. The summed E-state index contributed by atoms with van der Waals surface area (Å²) in [6.45, 7) is 12.2. The summed E-state index contributed by atoms with van der Waals surface area (Å²) in [5.41, 5.74) is -0.647. The normalized spacial score (nSPS) is 14.0. The van der Waals surface area contributed by atoms with Crippen LogP contribution in [0.25, 0.3) is 0 Å². The summed E-state index contributed by atoms with van der Waals surface area (Å²) in [6, 6.07) is -1.58. The molecule has 7 nitrogen and oxygen atoms in total. The van der Waals surface area contributed by atoms with Crippen molar-refractivity contribution in [2.75, 3.05) is 6.61 Å². The molecule has 0 aromatic rings. The van der Waals surface area contributed by atoms with Gasteiger partial charge in [0.25, 0.3) is 0 Å². The standard InChI is InChI=1S/C15H28N2O5/c1-8-21-13(19)11(9(2)3)17-12(18)10(4)16-14(20)22-15(5,6)7/h9-11H,8H2,1-7H3,(H,16,20)(H,17,18)/t10-,11+/m0/s1. The van der Waals surface area contributed by atoms with Crippen molar-refractivity contribution in [3.8, 4) is 0 Å². The van der Waals surface area contributed by atoms with Crippen molar-refractivity contribution >= 4 is 18.0 Å². The molecule has 0 saturated carbocycles. The van der Waals surface area contributed by atoms with Crippen LogP contribution in [0.4, 0.5) is 4.79 Å². The van der Waals surface area contributed by atoms with E-state index in [9.17, 15) is 14.4 Å². The minimum Gasteiger partial charge on any atom is -0.464 e. The molecule has 7 heteroatoms. The van der Waals surface area contributed by atoms with Crippen molar-refractivity contribution < 1.29 is 23.9 Å². The summed E-state index contributed by atoms with van der Waals surface area (Å²) in [7, 11) is 0. The van der Waals surface area contributed by atoms with Crippen molar-refractivity contribution in [1.82, 2.24) is 10.6 Å². The molecule has 0 fully saturated rings. The van der Waals surface area contributed by atoms with E-state index in [2.05, 4.69) is 10.6 Å². The number of carbonyl (C=O) groups is 3. The Labute approximate surface area is 132 Å². The maximum atomic E-state index is 12.1. The molecule has 0 aliphatic carbocycles. The lowest BCUT2D eigenvalue weighted by Crippen LogP contribution is -2.53. The zero-order valence-electron chi connectivity index (χ0n) is 14.5. The molecule has 22 heavy (non-hydrogen) atoms. The quantitative estimate of drug-likeness (QED) is 0.726. The third-order valence-corrected chi connectivity index (χ3v) is 2.63. The van der Waals surface area contributed by atoms with Gasteiger partial charge in [0.2, 0.25) is 5.91 Å². The first-order valence-corrected chi connectivity index (χ1v) is 7.44. The predicted molar refractivity (Wildman–Crippen MR) is 82.2 cm³/mol. The minimum absolute atomic E-state index is 0.128. The fourth-order valence-corrected chi connectivity index (χ4v) is 1.56. The molecule has 0 saturated heterocycles. The number of rotatable bonds is 6.